The molecule has 0 bridgehead atoms. The zero-order valence-electron chi connectivity index (χ0n) is 13.5. The van der Waals surface area contributed by atoms with Crippen LogP contribution in [0.3, 0.4) is 0 Å². The van der Waals surface area contributed by atoms with Gasteiger partial charge in [0.1, 0.15) is 0 Å². The smallest absolute Gasteiger partial charge is 0.0597 e. The minimum atomic E-state index is -0.225. The molecule has 0 spiro atoms. The number of piperidine rings is 1. The molecule has 3 aliphatic carbocycles. The molecule has 0 aromatic rings. The minimum Gasteiger partial charge on any atom is -0.393 e. The number of rotatable bonds is 0. The van der Waals surface area contributed by atoms with Gasteiger partial charge in [-0.2, -0.15) is 0 Å². The number of aliphatic hydroxyl groups excluding tert-OH is 2. The van der Waals surface area contributed by atoms with Gasteiger partial charge in [-0.05, 0) is 80.1 Å². The highest BCUT2D eigenvalue weighted by Crippen LogP contribution is 2.63. The summed E-state index contributed by atoms with van der Waals surface area (Å²) in [5.74, 6) is 1.69. The number of hydrogen-bond acceptors (Lipinski definition) is 3. The van der Waals surface area contributed by atoms with Crippen molar-refractivity contribution in [3.8, 4) is 0 Å². The monoisotopic (exact) mass is 293 g/mol. The molecule has 0 aromatic carbocycles. The Kier molecular flexibility index (Phi) is 3.23. The molecule has 3 saturated carbocycles. The molecule has 3 heteroatoms. The predicted molar refractivity (Wildman–Crippen MR) is 82.8 cm³/mol. The number of hydrogen-bond donors (Lipinski definition) is 3. The van der Waals surface area contributed by atoms with Crippen molar-refractivity contribution in [1.29, 1.82) is 0 Å². The van der Waals surface area contributed by atoms with E-state index >= 15 is 0 Å². The van der Waals surface area contributed by atoms with Gasteiger partial charge in [-0.1, -0.05) is 13.8 Å². The van der Waals surface area contributed by atoms with E-state index in [9.17, 15) is 10.2 Å². The Morgan fingerprint density at radius 1 is 1.00 bits per heavy atom. The first-order valence-corrected chi connectivity index (χ1v) is 9.06. The van der Waals surface area contributed by atoms with Gasteiger partial charge in [-0.25, -0.2) is 0 Å². The van der Waals surface area contributed by atoms with Crippen molar-refractivity contribution in [3.05, 3.63) is 0 Å². The second-order valence-corrected chi connectivity index (χ2v) is 8.86. The summed E-state index contributed by atoms with van der Waals surface area (Å²) in [6.45, 7) is 5.81. The summed E-state index contributed by atoms with van der Waals surface area (Å²) in [5, 5.41) is 25.2. The highest BCUT2D eigenvalue weighted by Gasteiger charge is 2.62. The van der Waals surface area contributed by atoms with E-state index in [0.29, 0.717) is 23.8 Å². The van der Waals surface area contributed by atoms with Gasteiger partial charge in [0.05, 0.1) is 12.2 Å². The van der Waals surface area contributed by atoms with Crippen LogP contribution in [0.2, 0.25) is 0 Å². The summed E-state index contributed by atoms with van der Waals surface area (Å²) in [6.07, 6.45) is 7.49. The van der Waals surface area contributed by atoms with Gasteiger partial charge in [0.2, 0.25) is 0 Å². The van der Waals surface area contributed by atoms with Gasteiger partial charge >= 0.3 is 0 Å². The summed E-state index contributed by atoms with van der Waals surface area (Å²) >= 11 is 0. The second kappa shape index (κ2) is 4.69. The molecular formula is C18H31NO2. The largest absolute Gasteiger partial charge is 0.393 e. The van der Waals surface area contributed by atoms with Gasteiger partial charge in [0, 0.05) is 6.04 Å². The van der Waals surface area contributed by atoms with E-state index in [1.165, 1.54) is 32.1 Å². The SMILES string of the molecule is CC12CCCNC1CCC1C2C(O)CC2(C)C1CC[C@@H]2O. The van der Waals surface area contributed by atoms with E-state index in [2.05, 4.69) is 19.2 Å². The van der Waals surface area contributed by atoms with Crippen LogP contribution in [0.4, 0.5) is 0 Å². The molecule has 1 aliphatic heterocycles. The van der Waals surface area contributed by atoms with Crippen molar-refractivity contribution < 1.29 is 10.2 Å². The molecular weight excluding hydrogens is 262 g/mol. The number of aliphatic hydroxyl groups is 2. The molecule has 4 aliphatic rings. The summed E-state index contributed by atoms with van der Waals surface area (Å²) in [7, 11) is 0. The van der Waals surface area contributed by atoms with Crippen LogP contribution in [-0.2, 0) is 0 Å². The van der Waals surface area contributed by atoms with E-state index in [4.69, 9.17) is 0 Å². The zero-order valence-corrected chi connectivity index (χ0v) is 13.5. The van der Waals surface area contributed by atoms with Crippen LogP contribution in [0.25, 0.3) is 0 Å². The molecule has 21 heavy (non-hydrogen) atoms. The average molecular weight is 293 g/mol. The summed E-state index contributed by atoms with van der Waals surface area (Å²) in [4.78, 5) is 0. The number of fused-ring (bicyclic) bond motifs is 5. The Bertz CT molecular complexity index is 427. The number of nitrogens with one attached hydrogen (secondary N) is 1. The molecule has 1 saturated heterocycles. The summed E-state index contributed by atoms with van der Waals surface area (Å²) in [6, 6.07) is 0.595. The van der Waals surface area contributed by atoms with Crippen LogP contribution >= 0.6 is 0 Å². The van der Waals surface area contributed by atoms with Crippen molar-refractivity contribution in [2.45, 2.75) is 77.0 Å². The lowest BCUT2D eigenvalue weighted by molar-refractivity contribution is -0.164. The maximum atomic E-state index is 11.0. The van der Waals surface area contributed by atoms with Crippen LogP contribution in [0.5, 0.6) is 0 Å². The molecule has 4 fully saturated rings. The van der Waals surface area contributed by atoms with Gasteiger partial charge in [-0.15, -0.1) is 0 Å². The fourth-order valence-corrected chi connectivity index (χ4v) is 7.00. The topological polar surface area (TPSA) is 52.5 Å². The third kappa shape index (κ3) is 1.83. The molecule has 1 heterocycles. The van der Waals surface area contributed by atoms with Crippen LogP contribution in [0.15, 0.2) is 0 Å². The van der Waals surface area contributed by atoms with E-state index in [1.54, 1.807) is 0 Å². The van der Waals surface area contributed by atoms with Crippen LogP contribution in [-0.4, -0.2) is 35.0 Å². The third-order valence-corrected chi connectivity index (χ3v) is 8.03. The van der Waals surface area contributed by atoms with Crippen molar-refractivity contribution in [1.82, 2.24) is 5.32 Å². The van der Waals surface area contributed by atoms with Gasteiger partial charge < -0.3 is 15.5 Å². The summed E-state index contributed by atoms with van der Waals surface area (Å²) < 4.78 is 0. The molecule has 3 nitrogen and oxygen atoms in total. The van der Waals surface area contributed by atoms with Crippen LogP contribution in [0.1, 0.15) is 58.8 Å². The van der Waals surface area contributed by atoms with Crippen molar-refractivity contribution in [2.75, 3.05) is 6.54 Å². The first-order valence-electron chi connectivity index (χ1n) is 9.06. The fraction of sp³-hybridized carbons (Fsp3) is 1.00. The highest BCUT2D eigenvalue weighted by molar-refractivity contribution is 5.13. The summed E-state index contributed by atoms with van der Waals surface area (Å²) in [5.41, 5.74) is 0.224. The first kappa shape index (κ1) is 14.5. The second-order valence-electron chi connectivity index (χ2n) is 8.86. The molecule has 120 valence electrons. The van der Waals surface area contributed by atoms with Crippen LogP contribution < -0.4 is 5.32 Å². The molecule has 7 unspecified atom stereocenters. The Balaban J connectivity index is 1.70. The zero-order chi connectivity index (χ0) is 14.8. The van der Waals surface area contributed by atoms with Crippen molar-refractivity contribution in [3.63, 3.8) is 0 Å². The lowest BCUT2D eigenvalue weighted by atomic mass is 9.46. The third-order valence-electron chi connectivity index (χ3n) is 8.03. The molecule has 0 aromatic heterocycles. The lowest BCUT2D eigenvalue weighted by Gasteiger charge is -2.61. The average Bonchev–Trinajstić information content (AvgIpc) is 2.73. The lowest BCUT2D eigenvalue weighted by Crippen LogP contribution is -2.63. The van der Waals surface area contributed by atoms with E-state index in [-0.39, 0.29) is 23.0 Å². The van der Waals surface area contributed by atoms with E-state index < -0.39 is 0 Å². The van der Waals surface area contributed by atoms with E-state index in [0.717, 1.165) is 19.4 Å². The fourth-order valence-electron chi connectivity index (χ4n) is 7.00. The van der Waals surface area contributed by atoms with Crippen molar-refractivity contribution >= 4 is 0 Å². The van der Waals surface area contributed by atoms with E-state index in [1.807, 2.05) is 0 Å². The Morgan fingerprint density at radius 3 is 2.62 bits per heavy atom. The Morgan fingerprint density at radius 2 is 1.81 bits per heavy atom. The quantitative estimate of drug-likeness (QED) is 0.642. The van der Waals surface area contributed by atoms with Crippen LogP contribution in [0, 0.1) is 28.6 Å². The maximum Gasteiger partial charge on any atom is 0.0597 e. The first-order chi connectivity index (χ1) is 9.97. The Hall–Kier alpha value is -0.120. The molecule has 0 radical (unpaired) electrons. The van der Waals surface area contributed by atoms with Crippen molar-refractivity contribution in [2.24, 2.45) is 28.6 Å². The van der Waals surface area contributed by atoms with Gasteiger partial charge in [0.25, 0.3) is 0 Å². The predicted octanol–water partition coefficient (Wildman–Crippen LogP) is 2.31. The minimum absolute atomic E-state index is 0.0358. The van der Waals surface area contributed by atoms with Gasteiger partial charge in [-0.3, -0.25) is 0 Å². The Labute approximate surface area is 128 Å². The molecule has 3 N–H and O–H groups in total. The standard InChI is InChI=1S/C18H31NO2/c1-17-8-3-9-19-14(17)6-4-11-12-5-7-15(21)18(12,2)10-13(20)16(11)17/h11-16,19-21H,3-10H2,1-2H3/t11?,12?,13?,14?,15-,16?,17?,18?/m0/s1. The molecule has 4 rings (SSSR count). The molecule has 0 amide bonds. The normalized spacial score (nSPS) is 60.0. The highest BCUT2D eigenvalue weighted by atomic mass is 16.3. The van der Waals surface area contributed by atoms with Gasteiger partial charge in [0.15, 0.2) is 0 Å². The maximum absolute atomic E-state index is 11.0. The molecule has 8 atom stereocenters.